The number of hydrogen-bond donors (Lipinski definition) is 5. The molecule has 0 atom stereocenters. The fraction of sp³-hybridized carbons (Fsp3) is 0.273. The molecule has 1 rings (SSSR count). The Labute approximate surface area is 110 Å². The average Bonchev–Trinajstić information content (AvgIpc) is 2.30. The van der Waals surface area contributed by atoms with Gasteiger partial charge in [0.2, 0.25) is 0 Å². The minimum atomic E-state index is -1.83. The molecule has 8 heteroatoms. The highest BCUT2D eigenvalue weighted by Gasteiger charge is 1.81. The van der Waals surface area contributed by atoms with Gasteiger partial charge in [-0.2, -0.15) is 0 Å². The van der Waals surface area contributed by atoms with E-state index in [1.165, 1.54) is 0 Å². The van der Waals surface area contributed by atoms with Gasteiger partial charge in [0.1, 0.15) is 0 Å². The molecule has 19 heavy (non-hydrogen) atoms. The molecule has 0 heterocycles. The predicted molar refractivity (Wildman–Crippen MR) is 66.6 cm³/mol. The number of carboxylic acid groups (broad SMARTS) is 4. The molecule has 0 aliphatic rings. The molecule has 0 aliphatic heterocycles. The number of hydrogen-bond acceptors (Lipinski definition) is 4. The molecule has 0 saturated carbocycles. The van der Waals surface area contributed by atoms with E-state index in [1.807, 2.05) is 36.4 Å². The summed E-state index contributed by atoms with van der Waals surface area (Å²) < 4.78 is 0. The molecule has 0 aromatic heterocycles. The van der Waals surface area contributed by atoms with Crippen molar-refractivity contribution in [2.75, 3.05) is 0 Å². The van der Waals surface area contributed by atoms with Crippen molar-refractivity contribution in [3.05, 3.63) is 36.4 Å². The van der Waals surface area contributed by atoms with E-state index < -0.39 is 12.3 Å². The molecule has 0 unspecified atom stereocenters. The lowest BCUT2D eigenvalue weighted by Crippen LogP contribution is -1.95. The maximum atomic E-state index is 8.56. The minimum absolute atomic E-state index is 0.0602. The van der Waals surface area contributed by atoms with Crippen molar-refractivity contribution in [1.29, 1.82) is 0 Å². The SMILES string of the molecule is CC(C)OO.O=C(O)O.O=C(O)O.c1ccccc1. The van der Waals surface area contributed by atoms with Crippen LogP contribution in [0.15, 0.2) is 36.4 Å². The smallest absolute Gasteiger partial charge is 0.450 e. The van der Waals surface area contributed by atoms with E-state index >= 15 is 0 Å². The minimum Gasteiger partial charge on any atom is -0.450 e. The Morgan fingerprint density at radius 3 is 0.947 bits per heavy atom. The van der Waals surface area contributed by atoms with Crippen LogP contribution < -0.4 is 0 Å². The lowest BCUT2D eigenvalue weighted by molar-refractivity contribution is -0.269. The average molecular weight is 278 g/mol. The first-order valence-corrected chi connectivity index (χ1v) is 4.88. The van der Waals surface area contributed by atoms with Crippen LogP contribution in [0, 0.1) is 0 Å². The number of rotatable bonds is 1. The van der Waals surface area contributed by atoms with Crippen molar-refractivity contribution in [3.63, 3.8) is 0 Å². The summed E-state index contributed by atoms with van der Waals surface area (Å²) >= 11 is 0. The van der Waals surface area contributed by atoms with Crippen LogP contribution in [0.5, 0.6) is 0 Å². The summed E-state index contributed by atoms with van der Waals surface area (Å²) in [5, 5.41) is 35.5. The molecule has 1 aromatic carbocycles. The molecule has 0 radical (unpaired) electrons. The second-order valence-electron chi connectivity index (χ2n) is 2.87. The van der Waals surface area contributed by atoms with Gasteiger partial charge in [-0.05, 0) is 13.8 Å². The van der Waals surface area contributed by atoms with Crippen LogP contribution in [0.2, 0.25) is 0 Å². The standard InChI is InChI=1S/C6H6.C3H8O2.2CH2O3/c1-2-4-6-5-3-1;1-3(2)5-4;2*2-1(3)4/h1-6H;3-4H,1-2H3;2*(H2,2,3,4). The summed E-state index contributed by atoms with van der Waals surface area (Å²) in [7, 11) is 0. The first-order chi connectivity index (χ1) is 8.73. The molecule has 0 fully saturated rings. The van der Waals surface area contributed by atoms with E-state index in [0.717, 1.165) is 0 Å². The summed E-state index contributed by atoms with van der Waals surface area (Å²) in [6.07, 6.45) is -3.73. The zero-order chi connectivity index (χ0) is 15.7. The second-order valence-corrected chi connectivity index (χ2v) is 2.87. The van der Waals surface area contributed by atoms with Crippen molar-refractivity contribution in [2.45, 2.75) is 20.0 Å². The predicted octanol–water partition coefficient (Wildman–Crippen LogP) is 3.02. The summed E-state index contributed by atoms with van der Waals surface area (Å²) in [4.78, 5) is 20.9. The third kappa shape index (κ3) is 91.0. The largest absolute Gasteiger partial charge is 0.503 e. The molecule has 0 aliphatic carbocycles. The number of carbonyl (C=O) groups is 2. The number of benzene rings is 1. The van der Waals surface area contributed by atoms with Crippen LogP contribution in [0.1, 0.15) is 13.8 Å². The molecule has 8 nitrogen and oxygen atoms in total. The molecule has 0 bridgehead atoms. The Morgan fingerprint density at radius 1 is 0.789 bits per heavy atom. The molecule has 1 aromatic rings. The quantitative estimate of drug-likeness (QED) is 0.389. The van der Waals surface area contributed by atoms with Gasteiger partial charge in [-0.15, -0.1) is 0 Å². The van der Waals surface area contributed by atoms with E-state index in [-0.39, 0.29) is 6.10 Å². The molecular formula is C11H18O8. The molecule has 0 saturated heterocycles. The molecule has 0 spiro atoms. The van der Waals surface area contributed by atoms with Gasteiger partial charge in [0.15, 0.2) is 0 Å². The summed E-state index contributed by atoms with van der Waals surface area (Å²) in [5.41, 5.74) is 0. The van der Waals surface area contributed by atoms with Gasteiger partial charge < -0.3 is 20.4 Å². The van der Waals surface area contributed by atoms with Crippen LogP contribution >= 0.6 is 0 Å². The van der Waals surface area contributed by atoms with Crippen LogP contribution in [0.25, 0.3) is 0 Å². The Bertz CT molecular complexity index is 252. The van der Waals surface area contributed by atoms with E-state index in [2.05, 4.69) is 4.89 Å². The van der Waals surface area contributed by atoms with Crippen molar-refractivity contribution < 1.29 is 40.2 Å². The van der Waals surface area contributed by atoms with Crippen molar-refractivity contribution in [1.82, 2.24) is 0 Å². The van der Waals surface area contributed by atoms with Crippen LogP contribution in [0.4, 0.5) is 9.59 Å². The zero-order valence-electron chi connectivity index (χ0n) is 10.5. The van der Waals surface area contributed by atoms with Crippen molar-refractivity contribution in [3.8, 4) is 0 Å². The van der Waals surface area contributed by atoms with Gasteiger partial charge in [0, 0.05) is 0 Å². The maximum Gasteiger partial charge on any atom is 0.503 e. The highest BCUT2D eigenvalue weighted by molar-refractivity contribution is 5.53. The van der Waals surface area contributed by atoms with Crippen molar-refractivity contribution >= 4 is 12.3 Å². The van der Waals surface area contributed by atoms with Gasteiger partial charge in [-0.25, -0.2) is 14.5 Å². The third-order valence-electron chi connectivity index (χ3n) is 0.877. The van der Waals surface area contributed by atoms with E-state index in [4.69, 9.17) is 35.3 Å². The zero-order valence-corrected chi connectivity index (χ0v) is 10.5. The highest BCUT2D eigenvalue weighted by atomic mass is 17.1. The Morgan fingerprint density at radius 2 is 0.895 bits per heavy atom. The fourth-order valence-electron chi connectivity index (χ4n) is 0.385. The Balaban J connectivity index is -0.000000184. The highest BCUT2D eigenvalue weighted by Crippen LogP contribution is 1.80. The fourth-order valence-corrected chi connectivity index (χ4v) is 0.385. The topological polar surface area (TPSA) is 145 Å². The van der Waals surface area contributed by atoms with E-state index in [9.17, 15) is 0 Å². The third-order valence-corrected chi connectivity index (χ3v) is 0.877. The molecular weight excluding hydrogens is 260 g/mol. The second kappa shape index (κ2) is 18.1. The monoisotopic (exact) mass is 278 g/mol. The van der Waals surface area contributed by atoms with Gasteiger partial charge in [-0.1, -0.05) is 36.4 Å². The molecule has 110 valence electrons. The van der Waals surface area contributed by atoms with Gasteiger partial charge in [-0.3, -0.25) is 5.26 Å². The van der Waals surface area contributed by atoms with E-state index in [1.54, 1.807) is 13.8 Å². The molecule has 5 N–H and O–H groups in total. The van der Waals surface area contributed by atoms with Crippen LogP contribution in [-0.2, 0) is 4.89 Å². The van der Waals surface area contributed by atoms with Gasteiger partial charge in [0.25, 0.3) is 0 Å². The lowest BCUT2D eigenvalue weighted by atomic mass is 10.4. The maximum absolute atomic E-state index is 8.56. The van der Waals surface area contributed by atoms with Gasteiger partial charge in [0.05, 0.1) is 6.10 Å². The lowest BCUT2D eigenvalue weighted by Gasteiger charge is -1.91. The van der Waals surface area contributed by atoms with E-state index in [0.29, 0.717) is 0 Å². The summed E-state index contributed by atoms with van der Waals surface area (Å²) in [6.45, 7) is 3.50. The van der Waals surface area contributed by atoms with Crippen molar-refractivity contribution in [2.24, 2.45) is 0 Å². The molecule has 0 amide bonds. The summed E-state index contributed by atoms with van der Waals surface area (Å²) in [5.74, 6) is 0. The first kappa shape index (κ1) is 21.9. The van der Waals surface area contributed by atoms with Crippen LogP contribution in [0.3, 0.4) is 0 Å². The normalized spacial score (nSPS) is 7.58. The Hall–Kier alpha value is -2.32. The van der Waals surface area contributed by atoms with Crippen LogP contribution in [-0.4, -0.2) is 44.1 Å². The Kier molecular flexibility index (Phi) is 20.8. The van der Waals surface area contributed by atoms with Gasteiger partial charge >= 0.3 is 12.3 Å². The first-order valence-electron chi connectivity index (χ1n) is 4.88. The summed E-state index contributed by atoms with van der Waals surface area (Å²) in [6, 6.07) is 12.0.